The topological polar surface area (TPSA) is 33.3 Å². The summed E-state index contributed by atoms with van der Waals surface area (Å²) in [5.74, 6) is 0.812. The summed E-state index contributed by atoms with van der Waals surface area (Å²) in [5.41, 5.74) is 5.87. The predicted molar refractivity (Wildman–Crippen MR) is 79.3 cm³/mol. The van der Waals surface area contributed by atoms with E-state index in [1.54, 1.807) is 12.1 Å². The van der Waals surface area contributed by atoms with Gasteiger partial charge in [0.15, 0.2) is 0 Å². The molecule has 0 aromatic heterocycles. The van der Waals surface area contributed by atoms with Crippen molar-refractivity contribution in [3.63, 3.8) is 0 Å². The van der Waals surface area contributed by atoms with Gasteiger partial charge in [0, 0.05) is 6.07 Å². The Morgan fingerprint density at radius 2 is 1.89 bits per heavy atom. The van der Waals surface area contributed by atoms with Crippen molar-refractivity contribution in [3.8, 4) is 5.75 Å². The minimum Gasteiger partial charge on any atom is -0.489 e. The molecule has 102 valence electrons. The van der Waals surface area contributed by atoms with Gasteiger partial charge in [-0.25, -0.2) is 5.43 Å². The molecule has 0 aliphatic carbocycles. The van der Waals surface area contributed by atoms with Crippen molar-refractivity contribution in [2.24, 2.45) is 0 Å². The van der Waals surface area contributed by atoms with Crippen LogP contribution >= 0.6 is 46.4 Å². The monoisotopic (exact) mass is 330 g/mol. The lowest BCUT2D eigenvalue weighted by Crippen LogP contribution is -2.31. The van der Waals surface area contributed by atoms with E-state index in [9.17, 15) is 0 Å². The lowest BCUT2D eigenvalue weighted by molar-refractivity contribution is 0.242. The number of hydrazine groups is 1. The summed E-state index contributed by atoms with van der Waals surface area (Å²) in [6, 6.07) is 3.31. The van der Waals surface area contributed by atoms with Crippen LogP contribution in [0.3, 0.4) is 0 Å². The van der Waals surface area contributed by atoms with E-state index in [0.29, 0.717) is 21.5 Å². The number of nitrogens with one attached hydrogen (secondary N) is 2. The van der Waals surface area contributed by atoms with E-state index < -0.39 is 5.50 Å². The minimum atomic E-state index is -0.409. The first kappa shape index (κ1) is 16.0. The number of alkyl halides is 2. The van der Waals surface area contributed by atoms with Crippen molar-refractivity contribution < 1.29 is 4.74 Å². The highest BCUT2D eigenvalue weighted by Crippen LogP contribution is 2.34. The Morgan fingerprint density at radius 1 is 1.22 bits per heavy atom. The average Bonchev–Trinajstić information content (AvgIpc) is 2.30. The molecule has 0 heterocycles. The van der Waals surface area contributed by atoms with Crippen molar-refractivity contribution >= 4 is 52.1 Å². The molecule has 18 heavy (non-hydrogen) atoms. The molecule has 1 unspecified atom stereocenters. The van der Waals surface area contributed by atoms with Crippen LogP contribution < -0.4 is 15.6 Å². The fourth-order valence-corrected chi connectivity index (χ4v) is 1.77. The molecule has 0 aliphatic heterocycles. The van der Waals surface area contributed by atoms with Gasteiger partial charge in [0.1, 0.15) is 11.3 Å². The van der Waals surface area contributed by atoms with E-state index in [4.69, 9.17) is 51.1 Å². The molecule has 7 heteroatoms. The molecule has 1 rings (SSSR count). The molecule has 0 bridgehead atoms. The Hall–Kier alpha value is -0.0600. The number of benzene rings is 1. The van der Waals surface area contributed by atoms with Crippen molar-refractivity contribution in [1.82, 2.24) is 5.43 Å². The third-order valence-corrected chi connectivity index (χ3v) is 3.22. The van der Waals surface area contributed by atoms with E-state index in [2.05, 4.69) is 10.9 Å². The van der Waals surface area contributed by atoms with Gasteiger partial charge < -0.3 is 10.2 Å². The van der Waals surface area contributed by atoms with Gasteiger partial charge in [0.05, 0.1) is 27.7 Å². The van der Waals surface area contributed by atoms with Gasteiger partial charge in [0.25, 0.3) is 0 Å². The Kier molecular flexibility index (Phi) is 6.67. The molecule has 2 N–H and O–H groups in total. The Bertz CT molecular complexity index is 401. The maximum atomic E-state index is 6.05. The molecule has 0 saturated carbocycles. The molecular weight excluding hydrogens is 318 g/mol. The lowest BCUT2D eigenvalue weighted by atomic mass is 10.3. The van der Waals surface area contributed by atoms with E-state index >= 15 is 0 Å². The number of rotatable bonds is 6. The van der Waals surface area contributed by atoms with Crippen LogP contribution in [0, 0.1) is 0 Å². The summed E-state index contributed by atoms with van der Waals surface area (Å²) in [4.78, 5) is 0. The molecule has 1 aromatic rings. The number of hydrogen-bond donors (Lipinski definition) is 2. The second kappa shape index (κ2) is 7.51. The highest BCUT2D eigenvalue weighted by Gasteiger charge is 2.10. The number of ether oxygens (including phenoxy) is 1. The van der Waals surface area contributed by atoms with Crippen molar-refractivity contribution in [2.75, 3.05) is 11.3 Å². The highest BCUT2D eigenvalue weighted by molar-refractivity contribution is 6.37. The summed E-state index contributed by atoms with van der Waals surface area (Å²) in [7, 11) is 0. The van der Waals surface area contributed by atoms with Crippen LogP contribution in [0.15, 0.2) is 12.1 Å². The molecule has 0 spiro atoms. The molecular formula is C11H14Cl4N2O. The molecule has 0 fully saturated rings. The van der Waals surface area contributed by atoms with Gasteiger partial charge in [-0.3, -0.25) is 0 Å². The van der Waals surface area contributed by atoms with Gasteiger partial charge in [-0.1, -0.05) is 23.2 Å². The molecule has 0 aliphatic rings. The summed E-state index contributed by atoms with van der Waals surface area (Å²) < 4.78 is 5.56. The first-order valence-corrected chi connectivity index (χ1v) is 7.04. The molecule has 3 nitrogen and oxygen atoms in total. The zero-order chi connectivity index (χ0) is 13.7. The molecule has 0 saturated heterocycles. The van der Waals surface area contributed by atoms with Crippen LogP contribution in [-0.2, 0) is 0 Å². The first-order valence-electron chi connectivity index (χ1n) is 5.31. The fraction of sp³-hybridized carbons (Fsp3) is 0.455. The second-order valence-electron chi connectivity index (χ2n) is 3.82. The minimum absolute atomic E-state index is 0.0214. The molecule has 1 aromatic carbocycles. The average molecular weight is 332 g/mol. The lowest BCUT2D eigenvalue weighted by Gasteiger charge is -2.16. The molecule has 0 amide bonds. The number of anilines is 1. The molecule has 0 radical (unpaired) electrons. The normalized spacial score (nSPS) is 12.6. The van der Waals surface area contributed by atoms with Gasteiger partial charge in [0.2, 0.25) is 0 Å². The SMILES string of the molecule is CC(C)Oc1cc(NNC(Cl)CCl)c(Cl)cc1Cl. The van der Waals surface area contributed by atoms with Crippen LogP contribution in [0.2, 0.25) is 10.0 Å². The van der Waals surface area contributed by atoms with E-state index in [-0.39, 0.29) is 12.0 Å². The van der Waals surface area contributed by atoms with Crippen LogP contribution in [0.1, 0.15) is 13.8 Å². The van der Waals surface area contributed by atoms with E-state index in [1.807, 2.05) is 13.8 Å². The van der Waals surface area contributed by atoms with Gasteiger partial charge in [-0.2, -0.15) is 0 Å². The zero-order valence-electron chi connectivity index (χ0n) is 9.94. The molecule has 1 atom stereocenters. The van der Waals surface area contributed by atoms with Crippen LogP contribution in [0.5, 0.6) is 5.75 Å². The van der Waals surface area contributed by atoms with Gasteiger partial charge >= 0.3 is 0 Å². The van der Waals surface area contributed by atoms with Crippen LogP contribution in [-0.4, -0.2) is 17.5 Å². The third-order valence-electron chi connectivity index (χ3n) is 1.88. The largest absolute Gasteiger partial charge is 0.489 e. The predicted octanol–water partition coefficient (Wildman–Crippen LogP) is 4.50. The van der Waals surface area contributed by atoms with Crippen LogP contribution in [0.4, 0.5) is 5.69 Å². The van der Waals surface area contributed by atoms with Crippen molar-refractivity contribution in [2.45, 2.75) is 25.5 Å². The van der Waals surface area contributed by atoms with Gasteiger partial charge in [-0.05, 0) is 19.9 Å². The van der Waals surface area contributed by atoms with Crippen LogP contribution in [0.25, 0.3) is 0 Å². The van der Waals surface area contributed by atoms with E-state index in [0.717, 1.165) is 0 Å². The Labute approximate surface area is 127 Å². The zero-order valence-corrected chi connectivity index (χ0v) is 13.0. The maximum absolute atomic E-state index is 6.05. The van der Waals surface area contributed by atoms with E-state index in [1.165, 1.54) is 0 Å². The Balaban J connectivity index is 2.84. The Morgan fingerprint density at radius 3 is 2.44 bits per heavy atom. The summed E-state index contributed by atoms with van der Waals surface area (Å²) in [6.45, 7) is 3.83. The first-order chi connectivity index (χ1) is 8.43. The second-order valence-corrected chi connectivity index (χ2v) is 5.47. The summed E-state index contributed by atoms with van der Waals surface area (Å²) in [5, 5.41) is 0.918. The van der Waals surface area contributed by atoms with Crippen molar-refractivity contribution in [3.05, 3.63) is 22.2 Å². The number of halogens is 4. The van der Waals surface area contributed by atoms with Gasteiger partial charge in [-0.15, -0.1) is 23.2 Å². The smallest absolute Gasteiger partial charge is 0.140 e. The summed E-state index contributed by atoms with van der Waals surface area (Å²) >= 11 is 23.5. The number of hydrogen-bond acceptors (Lipinski definition) is 3. The summed E-state index contributed by atoms with van der Waals surface area (Å²) in [6.07, 6.45) is 0.0214. The maximum Gasteiger partial charge on any atom is 0.140 e. The standard InChI is InChI=1S/C11H14Cl4N2O/c1-6(2)18-10-4-9(7(13)3-8(10)14)16-17-11(15)5-12/h3-4,6,11,16-17H,5H2,1-2H3. The van der Waals surface area contributed by atoms with Crippen molar-refractivity contribution in [1.29, 1.82) is 0 Å². The quantitative estimate of drug-likeness (QED) is 0.457. The highest BCUT2D eigenvalue weighted by atomic mass is 35.5. The third kappa shape index (κ3) is 4.90. The fourth-order valence-electron chi connectivity index (χ4n) is 1.16.